The van der Waals surface area contributed by atoms with Gasteiger partial charge in [0.05, 0.1) is 22.2 Å². The fraction of sp³-hybridized carbons (Fsp3) is 0.471. The standard InChI is InChI=1S/C17H20ClF3N2O3S/c1-10(13-8-15(22-26-13)16(2,3)4)23-27(24,25)14-6-5-12(17(19,20)21)7-11(14)9-18/h5-8,10,23H,9H2,1-4H3. The second kappa shape index (κ2) is 7.44. The van der Waals surface area contributed by atoms with E-state index in [9.17, 15) is 21.6 Å². The first-order valence-electron chi connectivity index (χ1n) is 8.01. The highest BCUT2D eigenvalue weighted by Gasteiger charge is 2.32. The van der Waals surface area contributed by atoms with Crippen molar-refractivity contribution >= 4 is 21.6 Å². The van der Waals surface area contributed by atoms with Crippen LogP contribution in [-0.2, 0) is 27.5 Å². The van der Waals surface area contributed by atoms with Gasteiger partial charge in [0.1, 0.15) is 0 Å². The van der Waals surface area contributed by atoms with E-state index in [1.54, 1.807) is 13.0 Å². The Balaban J connectivity index is 2.32. The Morgan fingerprint density at radius 3 is 2.33 bits per heavy atom. The third-order valence-corrected chi connectivity index (χ3v) is 5.81. The van der Waals surface area contributed by atoms with Gasteiger partial charge in [-0.05, 0) is 30.7 Å². The van der Waals surface area contributed by atoms with Crippen LogP contribution in [0.15, 0.2) is 33.7 Å². The highest BCUT2D eigenvalue weighted by atomic mass is 35.5. The number of rotatable bonds is 5. The van der Waals surface area contributed by atoms with Crippen molar-refractivity contribution in [3.05, 3.63) is 46.8 Å². The zero-order valence-corrected chi connectivity index (χ0v) is 16.8. The summed E-state index contributed by atoms with van der Waals surface area (Å²) in [5.74, 6) is -0.0896. The Kier molecular flexibility index (Phi) is 5.99. The molecule has 0 saturated carbocycles. The summed E-state index contributed by atoms with van der Waals surface area (Å²) in [6, 6.07) is 3.21. The number of halogens is 4. The molecule has 2 rings (SSSR count). The van der Waals surface area contributed by atoms with E-state index in [1.807, 2.05) is 20.8 Å². The highest BCUT2D eigenvalue weighted by molar-refractivity contribution is 7.89. The Morgan fingerprint density at radius 1 is 1.22 bits per heavy atom. The summed E-state index contributed by atoms with van der Waals surface area (Å²) in [6.45, 7) is 7.34. The number of alkyl halides is 4. The maximum Gasteiger partial charge on any atom is 0.416 e. The van der Waals surface area contributed by atoms with Crippen molar-refractivity contribution in [2.75, 3.05) is 0 Å². The molecule has 0 bridgehead atoms. The predicted octanol–water partition coefficient (Wildman–Crippen LogP) is 4.77. The van der Waals surface area contributed by atoms with E-state index >= 15 is 0 Å². The molecule has 0 spiro atoms. The molecule has 1 aromatic carbocycles. The molecule has 1 aromatic heterocycles. The summed E-state index contributed by atoms with van der Waals surface area (Å²) < 4.78 is 71.4. The van der Waals surface area contributed by atoms with Gasteiger partial charge < -0.3 is 4.52 Å². The van der Waals surface area contributed by atoms with Crippen molar-refractivity contribution in [3.63, 3.8) is 0 Å². The molecule has 0 fully saturated rings. The molecule has 0 aliphatic heterocycles. The van der Waals surface area contributed by atoms with Gasteiger partial charge in [-0.1, -0.05) is 25.9 Å². The summed E-state index contributed by atoms with van der Waals surface area (Å²) in [4.78, 5) is -0.312. The molecule has 1 N–H and O–H groups in total. The molecule has 10 heteroatoms. The number of nitrogens with one attached hydrogen (secondary N) is 1. The van der Waals surface area contributed by atoms with Crippen LogP contribution in [0.4, 0.5) is 13.2 Å². The van der Waals surface area contributed by atoms with Crippen LogP contribution in [0.5, 0.6) is 0 Å². The molecule has 0 radical (unpaired) electrons. The topological polar surface area (TPSA) is 72.2 Å². The van der Waals surface area contributed by atoms with Crippen LogP contribution in [0.25, 0.3) is 0 Å². The van der Waals surface area contributed by atoms with Crippen molar-refractivity contribution in [3.8, 4) is 0 Å². The minimum Gasteiger partial charge on any atom is -0.359 e. The number of nitrogens with zero attached hydrogens (tertiary/aromatic N) is 1. The minimum absolute atomic E-state index is 0.140. The largest absolute Gasteiger partial charge is 0.416 e. The molecule has 150 valence electrons. The van der Waals surface area contributed by atoms with Gasteiger partial charge in [0.15, 0.2) is 5.76 Å². The van der Waals surface area contributed by atoms with Crippen LogP contribution in [0.3, 0.4) is 0 Å². The molecule has 2 aromatic rings. The lowest BCUT2D eigenvalue weighted by atomic mass is 9.92. The SMILES string of the molecule is CC(NS(=O)(=O)c1ccc(C(F)(F)F)cc1CCl)c1cc(C(C)(C)C)no1. The van der Waals surface area contributed by atoms with Crippen LogP contribution in [0, 0.1) is 0 Å². The molecule has 1 heterocycles. The van der Waals surface area contributed by atoms with Crippen LogP contribution >= 0.6 is 11.6 Å². The summed E-state index contributed by atoms with van der Waals surface area (Å²) >= 11 is 5.68. The smallest absolute Gasteiger partial charge is 0.359 e. The van der Waals surface area contributed by atoms with Gasteiger partial charge in [0.25, 0.3) is 0 Å². The first-order chi connectivity index (χ1) is 12.3. The Hall–Kier alpha value is -1.58. The average molecular weight is 425 g/mol. The molecular weight excluding hydrogens is 405 g/mol. The molecule has 0 amide bonds. The summed E-state index contributed by atoms with van der Waals surface area (Å²) in [5.41, 5.74) is -0.728. The Labute approximate surface area is 160 Å². The molecule has 0 saturated heterocycles. The molecule has 5 nitrogen and oxygen atoms in total. The van der Waals surface area contributed by atoms with Gasteiger partial charge in [-0.15, -0.1) is 11.6 Å². The molecule has 1 atom stereocenters. The van der Waals surface area contributed by atoms with E-state index in [0.717, 1.165) is 12.1 Å². The van der Waals surface area contributed by atoms with E-state index in [1.165, 1.54) is 0 Å². The van der Waals surface area contributed by atoms with Crippen LogP contribution in [0.2, 0.25) is 0 Å². The quantitative estimate of drug-likeness (QED) is 0.702. The third-order valence-electron chi connectivity index (χ3n) is 3.88. The predicted molar refractivity (Wildman–Crippen MR) is 94.9 cm³/mol. The number of sulfonamides is 1. The van der Waals surface area contributed by atoms with Crippen molar-refractivity contribution in [1.82, 2.24) is 9.88 Å². The highest BCUT2D eigenvalue weighted by Crippen LogP contribution is 2.32. The maximum atomic E-state index is 12.8. The van der Waals surface area contributed by atoms with Gasteiger partial charge in [-0.25, -0.2) is 13.1 Å². The van der Waals surface area contributed by atoms with Crippen molar-refractivity contribution in [2.45, 2.75) is 56.1 Å². The summed E-state index contributed by atoms with van der Waals surface area (Å²) in [6.07, 6.45) is -4.59. The van der Waals surface area contributed by atoms with E-state index in [2.05, 4.69) is 9.88 Å². The molecular formula is C17H20ClF3N2O3S. The zero-order valence-electron chi connectivity index (χ0n) is 15.2. The Bertz CT molecular complexity index is 918. The van der Waals surface area contributed by atoms with Crippen LogP contribution in [-0.4, -0.2) is 13.6 Å². The number of hydrogen-bond acceptors (Lipinski definition) is 4. The van der Waals surface area contributed by atoms with Crippen LogP contribution < -0.4 is 4.72 Å². The van der Waals surface area contributed by atoms with Gasteiger partial charge >= 0.3 is 6.18 Å². The maximum absolute atomic E-state index is 12.8. The lowest BCUT2D eigenvalue weighted by Crippen LogP contribution is -2.27. The minimum atomic E-state index is -4.59. The number of benzene rings is 1. The second-order valence-electron chi connectivity index (χ2n) is 7.16. The molecule has 27 heavy (non-hydrogen) atoms. The van der Waals surface area contributed by atoms with E-state index in [-0.39, 0.29) is 21.8 Å². The number of hydrogen-bond donors (Lipinski definition) is 1. The van der Waals surface area contributed by atoms with Gasteiger partial charge in [-0.2, -0.15) is 13.2 Å². The third kappa shape index (κ3) is 5.03. The summed E-state index contributed by atoms with van der Waals surface area (Å²) in [5, 5.41) is 3.93. The fourth-order valence-electron chi connectivity index (χ4n) is 2.32. The number of aromatic nitrogens is 1. The average Bonchev–Trinajstić information content (AvgIpc) is 3.03. The van der Waals surface area contributed by atoms with Gasteiger partial charge in [0, 0.05) is 17.4 Å². The van der Waals surface area contributed by atoms with Crippen molar-refractivity contribution < 1.29 is 26.1 Å². The van der Waals surface area contributed by atoms with E-state index in [4.69, 9.17) is 16.1 Å². The Morgan fingerprint density at radius 2 is 1.85 bits per heavy atom. The fourth-order valence-corrected chi connectivity index (χ4v) is 4.06. The first kappa shape index (κ1) is 21.7. The monoisotopic (exact) mass is 424 g/mol. The normalized spacial score (nSPS) is 14.4. The first-order valence-corrected chi connectivity index (χ1v) is 10.0. The van der Waals surface area contributed by atoms with Gasteiger partial charge in [-0.3, -0.25) is 0 Å². The zero-order chi connectivity index (χ0) is 20.6. The molecule has 1 unspecified atom stereocenters. The van der Waals surface area contributed by atoms with E-state index < -0.39 is 27.8 Å². The van der Waals surface area contributed by atoms with Gasteiger partial charge in [0.2, 0.25) is 10.0 Å². The lowest BCUT2D eigenvalue weighted by molar-refractivity contribution is -0.137. The van der Waals surface area contributed by atoms with E-state index in [0.29, 0.717) is 17.5 Å². The molecule has 0 aliphatic rings. The summed E-state index contributed by atoms with van der Waals surface area (Å²) in [7, 11) is -4.13. The van der Waals surface area contributed by atoms with Crippen LogP contribution in [0.1, 0.15) is 56.3 Å². The van der Waals surface area contributed by atoms with Crippen molar-refractivity contribution in [2.24, 2.45) is 0 Å². The molecule has 0 aliphatic carbocycles. The second-order valence-corrected chi connectivity index (χ2v) is 9.11. The lowest BCUT2D eigenvalue weighted by Gasteiger charge is -2.16. The van der Waals surface area contributed by atoms with Crippen molar-refractivity contribution in [1.29, 1.82) is 0 Å².